The van der Waals surface area contributed by atoms with Gasteiger partial charge >= 0.3 is 0 Å². The third-order valence-electron chi connectivity index (χ3n) is 6.22. The second kappa shape index (κ2) is 6.25. The summed E-state index contributed by atoms with van der Waals surface area (Å²) in [6.45, 7) is 2.96. The van der Waals surface area contributed by atoms with Crippen molar-refractivity contribution >= 4 is 5.91 Å². The van der Waals surface area contributed by atoms with Gasteiger partial charge in [0.2, 0.25) is 0 Å². The fraction of sp³-hybridized carbons (Fsp3) is 0.550. The molecule has 142 valence electrons. The molecule has 0 radical (unpaired) electrons. The molecule has 1 aromatic heterocycles. The fourth-order valence-electron chi connectivity index (χ4n) is 4.53. The second-order valence-electron chi connectivity index (χ2n) is 7.92. The molecule has 0 saturated heterocycles. The summed E-state index contributed by atoms with van der Waals surface area (Å²) in [6.07, 6.45) is 7.47. The van der Waals surface area contributed by atoms with E-state index < -0.39 is 0 Å². The maximum Gasteiger partial charge on any atom is 0.274 e. The first kappa shape index (κ1) is 16.6. The lowest BCUT2D eigenvalue weighted by Crippen LogP contribution is -2.31. The quantitative estimate of drug-likeness (QED) is 0.901. The Morgan fingerprint density at radius 3 is 2.78 bits per heavy atom. The Morgan fingerprint density at radius 2 is 1.96 bits per heavy atom. The van der Waals surface area contributed by atoms with Crippen molar-refractivity contribution in [2.24, 2.45) is 5.41 Å². The van der Waals surface area contributed by atoms with Crippen molar-refractivity contribution in [1.82, 2.24) is 20.3 Å². The molecule has 1 atom stereocenters. The van der Waals surface area contributed by atoms with Crippen LogP contribution in [0.1, 0.15) is 54.7 Å². The summed E-state index contributed by atoms with van der Waals surface area (Å²) < 4.78 is 12.9. The van der Waals surface area contributed by atoms with Crippen LogP contribution in [0, 0.1) is 12.3 Å². The standard InChI is InChI=1S/C20H24N4O3/c1-13-18(19(25)21-17-12-20(17)7-3-2-4-8-20)22-23-24(13)14-5-6-15-16(11-14)27-10-9-26-15/h5-6,11,17H,2-4,7-10,12H2,1H3,(H,21,25). The van der Waals surface area contributed by atoms with Crippen LogP contribution in [0.4, 0.5) is 0 Å². The molecule has 2 fully saturated rings. The van der Waals surface area contributed by atoms with Gasteiger partial charge in [0.05, 0.1) is 11.4 Å². The largest absolute Gasteiger partial charge is 0.486 e. The van der Waals surface area contributed by atoms with E-state index in [-0.39, 0.29) is 5.91 Å². The molecule has 5 rings (SSSR count). The molecule has 3 aliphatic rings. The maximum atomic E-state index is 12.7. The molecule has 1 aromatic carbocycles. The average Bonchev–Trinajstić information content (AvgIpc) is 3.17. The van der Waals surface area contributed by atoms with Crippen molar-refractivity contribution in [3.63, 3.8) is 0 Å². The molecule has 2 aromatic rings. The van der Waals surface area contributed by atoms with Crippen molar-refractivity contribution in [2.45, 2.75) is 51.5 Å². The maximum absolute atomic E-state index is 12.7. The van der Waals surface area contributed by atoms with Gasteiger partial charge in [0.25, 0.3) is 5.91 Å². The van der Waals surface area contributed by atoms with E-state index in [1.165, 1.54) is 32.1 Å². The number of nitrogens with one attached hydrogen (secondary N) is 1. The lowest BCUT2D eigenvalue weighted by Gasteiger charge is -2.22. The minimum absolute atomic E-state index is 0.122. The highest BCUT2D eigenvalue weighted by Gasteiger charge is 2.54. The molecule has 0 bridgehead atoms. The molecule has 1 spiro atoms. The Hall–Kier alpha value is -2.57. The minimum atomic E-state index is -0.122. The van der Waals surface area contributed by atoms with E-state index in [4.69, 9.17) is 9.47 Å². The highest BCUT2D eigenvalue weighted by molar-refractivity contribution is 5.93. The van der Waals surface area contributed by atoms with E-state index >= 15 is 0 Å². The third kappa shape index (κ3) is 2.85. The van der Waals surface area contributed by atoms with Gasteiger partial charge in [-0.15, -0.1) is 5.10 Å². The number of carbonyl (C=O) groups is 1. The van der Waals surface area contributed by atoms with Crippen LogP contribution < -0.4 is 14.8 Å². The Morgan fingerprint density at radius 1 is 1.19 bits per heavy atom. The van der Waals surface area contributed by atoms with Crippen LogP contribution in [-0.2, 0) is 0 Å². The summed E-state index contributed by atoms with van der Waals surface area (Å²) in [5.41, 5.74) is 2.27. The van der Waals surface area contributed by atoms with Gasteiger partial charge in [-0.1, -0.05) is 24.5 Å². The number of hydrogen-bond donors (Lipinski definition) is 1. The van der Waals surface area contributed by atoms with Gasteiger partial charge in [0.1, 0.15) is 13.2 Å². The normalized spacial score (nSPS) is 22.5. The first-order valence-electron chi connectivity index (χ1n) is 9.79. The van der Waals surface area contributed by atoms with E-state index in [0.717, 1.165) is 23.6 Å². The number of hydrogen-bond acceptors (Lipinski definition) is 5. The first-order valence-corrected chi connectivity index (χ1v) is 9.79. The van der Waals surface area contributed by atoms with Crippen LogP contribution in [-0.4, -0.2) is 40.2 Å². The fourth-order valence-corrected chi connectivity index (χ4v) is 4.53. The van der Waals surface area contributed by atoms with Crippen LogP contribution in [0.3, 0.4) is 0 Å². The molecular weight excluding hydrogens is 344 g/mol. The second-order valence-corrected chi connectivity index (χ2v) is 7.92. The van der Waals surface area contributed by atoms with Crippen molar-refractivity contribution in [3.8, 4) is 17.2 Å². The molecule has 1 amide bonds. The summed E-state index contributed by atoms with van der Waals surface area (Å²) in [5.74, 6) is 1.30. The van der Waals surface area contributed by atoms with Crippen molar-refractivity contribution in [1.29, 1.82) is 0 Å². The molecule has 1 aliphatic heterocycles. The van der Waals surface area contributed by atoms with Gasteiger partial charge in [0, 0.05) is 12.1 Å². The Balaban J connectivity index is 1.34. The number of aromatic nitrogens is 3. The van der Waals surface area contributed by atoms with E-state index in [0.29, 0.717) is 36.1 Å². The highest BCUT2D eigenvalue weighted by atomic mass is 16.6. The van der Waals surface area contributed by atoms with E-state index in [1.54, 1.807) is 4.68 Å². The summed E-state index contributed by atoms with van der Waals surface area (Å²) in [4.78, 5) is 12.7. The van der Waals surface area contributed by atoms with Crippen molar-refractivity contribution < 1.29 is 14.3 Å². The zero-order chi connectivity index (χ0) is 18.4. The molecule has 2 heterocycles. The lowest BCUT2D eigenvalue weighted by atomic mass is 9.86. The van der Waals surface area contributed by atoms with Gasteiger partial charge < -0.3 is 14.8 Å². The Labute approximate surface area is 158 Å². The van der Waals surface area contributed by atoms with Crippen LogP contribution in [0.25, 0.3) is 5.69 Å². The SMILES string of the molecule is Cc1c(C(=O)NC2CC23CCCCC3)nnn1-c1ccc2c(c1)OCCO2. The van der Waals surface area contributed by atoms with Gasteiger partial charge in [-0.3, -0.25) is 4.79 Å². The molecule has 7 heteroatoms. The molecule has 2 aliphatic carbocycles. The molecule has 2 saturated carbocycles. The summed E-state index contributed by atoms with van der Waals surface area (Å²) in [7, 11) is 0. The van der Waals surface area contributed by atoms with E-state index in [2.05, 4.69) is 15.6 Å². The number of ether oxygens (including phenoxy) is 2. The van der Waals surface area contributed by atoms with Crippen LogP contribution in [0.5, 0.6) is 11.5 Å². The zero-order valence-corrected chi connectivity index (χ0v) is 15.5. The first-order chi connectivity index (χ1) is 13.2. The monoisotopic (exact) mass is 368 g/mol. The van der Waals surface area contributed by atoms with Gasteiger partial charge in [0.15, 0.2) is 17.2 Å². The molecular formula is C20H24N4O3. The van der Waals surface area contributed by atoms with Crippen LogP contribution in [0.2, 0.25) is 0 Å². The van der Waals surface area contributed by atoms with E-state index in [1.807, 2.05) is 25.1 Å². The summed E-state index contributed by atoms with van der Waals surface area (Å²) in [5, 5.41) is 11.5. The van der Waals surface area contributed by atoms with Gasteiger partial charge in [-0.05, 0) is 43.7 Å². The third-order valence-corrected chi connectivity index (χ3v) is 6.22. The number of carbonyl (C=O) groups excluding carboxylic acids is 1. The number of benzene rings is 1. The van der Waals surface area contributed by atoms with Gasteiger partial charge in [-0.2, -0.15) is 0 Å². The summed E-state index contributed by atoms with van der Waals surface area (Å²) >= 11 is 0. The molecule has 1 N–H and O–H groups in total. The van der Waals surface area contributed by atoms with Crippen molar-refractivity contribution in [2.75, 3.05) is 13.2 Å². The number of nitrogens with zero attached hydrogens (tertiary/aromatic N) is 3. The zero-order valence-electron chi connectivity index (χ0n) is 15.5. The van der Waals surface area contributed by atoms with Crippen LogP contribution in [0.15, 0.2) is 18.2 Å². The Bertz CT molecular complexity index is 885. The number of rotatable bonds is 3. The molecule has 7 nitrogen and oxygen atoms in total. The van der Waals surface area contributed by atoms with Gasteiger partial charge in [-0.25, -0.2) is 4.68 Å². The molecule has 27 heavy (non-hydrogen) atoms. The van der Waals surface area contributed by atoms with Crippen LogP contribution >= 0.6 is 0 Å². The smallest absolute Gasteiger partial charge is 0.274 e. The minimum Gasteiger partial charge on any atom is -0.486 e. The predicted molar refractivity (Wildman–Crippen MR) is 98.5 cm³/mol. The highest BCUT2D eigenvalue weighted by Crippen LogP contribution is 2.56. The lowest BCUT2D eigenvalue weighted by molar-refractivity contribution is 0.0936. The number of amides is 1. The Kier molecular flexibility index (Phi) is 3.84. The topological polar surface area (TPSA) is 78.3 Å². The van der Waals surface area contributed by atoms with E-state index in [9.17, 15) is 4.79 Å². The summed E-state index contributed by atoms with van der Waals surface area (Å²) in [6, 6.07) is 5.93. The molecule has 1 unspecified atom stereocenters. The number of fused-ring (bicyclic) bond motifs is 1. The predicted octanol–water partition coefficient (Wildman–Crippen LogP) is 2.80. The van der Waals surface area contributed by atoms with Crippen molar-refractivity contribution in [3.05, 3.63) is 29.6 Å². The average molecular weight is 368 g/mol.